The first-order chi connectivity index (χ1) is 9.35. The van der Waals surface area contributed by atoms with Crippen molar-refractivity contribution in [1.29, 1.82) is 0 Å². The average molecular weight is 386 g/mol. The van der Waals surface area contributed by atoms with Gasteiger partial charge in [-0.2, -0.15) is 0 Å². The molecule has 5 heteroatoms. The van der Waals surface area contributed by atoms with Crippen LogP contribution < -0.4 is 0 Å². The third-order valence-corrected chi connectivity index (χ3v) is 3.60. The monoisotopic (exact) mass is 386 g/mol. The van der Waals surface area contributed by atoms with Crippen LogP contribution in [0.3, 0.4) is 0 Å². The molecule has 1 amide bonds. The second-order valence-electron chi connectivity index (χ2n) is 5.78. The van der Waals surface area contributed by atoms with Crippen molar-refractivity contribution in [1.82, 2.24) is 9.88 Å². The fraction of sp³-hybridized carbons (Fsp3) is 0.467. The second kappa shape index (κ2) is 6.11. The van der Waals surface area contributed by atoms with Gasteiger partial charge >= 0.3 is 6.09 Å². The number of pyridine rings is 1. The SMILES string of the molecule is CC(C)(C)OC(=O)N1CC=C(c2ccc(I)nc2)CC1. The van der Waals surface area contributed by atoms with E-state index in [1.807, 2.05) is 33.0 Å². The van der Waals surface area contributed by atoms with Crippen LogP contribution in [0.2, 0.25) is 0 Å². The van der Waals surface area contributed by atoms with Gasteiger partial charge in [0.25, 0.3) is 0 Å². The average Bonchev–Trinajstić information content (AvgIpc) is 2.38. The number of carbonyl (C=O) groups is 1. The van der Waals surface area contributed by atoms with Crippen molar-refractivity contribution in [2.24, 2.45) is 0 Å². The Hall–Kier alpha value is -1.11. The number of nitrogens with zero attached hydrogens (tertiary/aromatic N) is 2. The highest BCUT2D eigenvalue weighted by atomic mass is 127. The molecule has 0 unspecified atom stereocenters. The molecule has 108 valence electrons. The Morgan fingerprint density at radius 1 is 1.40 bits per heavy atom. The smallest absolute Gasteiger partial charge is 0.410 e. The largest absolute Gasteiger partial charge is 0.444 e. The van der Waals surface area contributed by atoms with Crippen molar-refractivity contribution in [3.63, 3.8) is 0 Å². The van der Waals surface area contributed by atoms with E-state index in [0.717, 1.165) is 15.7 Å². The summed E-state index contributed by atoms with van der Waals surface area (Å²) >= 11 is 2.19. The molecule has 1 aliphatic heterocycles. The predicted molar refractivity (Wildman–Crippen MR) is 87.4 cm³/mol. The molecule has 0 atom stereocenters. The Labute approximate surface area is 133 Å². The van der Waals surface area contributed by atoms with Gasteiger partial charge in [0.1, 0.15) is 9.30 Å². The Morgan fingerprint density at radius 3 is 2.65 bits per heavy atom. The fourth-order valence-electron chi connectivity index (χ4n) is 1.99. The van der Waals surface area contributed by atoms with Crippen LogP contribution in [0.15, 0.2) is 24.4 Å². The normalized spacial score (nSPS) is 15.8. The summed E-state index contributed by atoms with van der Waals surface area (Å²) in [4.78, 5) is 18.0. The van der Waals surface area contributed by atoms with Gasteiger partial charge in [-0.1, -0.05) is 12.1 Å². The van der Waals surface area contributed by atoms with Gasteiger partial charge in [0.2, 0.25) is 0 Å². The van der Waals surface area contributed by atoms with E-state index in [1.54, 1.807) is 4.90 Å². The minimum Gasteiger partial charge on any atom is -0.444 e. The van der Waals surface area contributed by atoms with Gasteiger partial charge in [0.15, 0.2) is 0 Å². The van der Waals surface area contributed by atoms with E-state index in [9.17, 15) is 4.79 Å². The maximum atomic E-state index is 12.0. The Kier molecular flexibility index (Phi) is 4.67. The van der Waals surface area contributed by atoms with Crippen LogP contribution in [0.4, 0.5) is 4.79 Å². The van der Waals surface area contributed by atoms with E-state index < -0.39 is 5.60 Å². The summed E-state index contributed by atoms with van der Waals surface area (Å²) in [7, 11) is 0. The summed E-state index contributed by atoms with van der Waals surface area (Å²) in [5, 5.41) is 0. The molecular formula is C15H19IN2O2. The van der Waals surface area contributed by atoms with Crippen LogP contribution in [0.1, 0.15) is 32.8 Å². The van der Waals surface area contributed by atoms with Crippen LogP contribution in [0.5, 0.6) is 0 Å². The third-order valence-electron chi connectivity index (χ3n) is 2.96. The van der Waals surface area contributed by atoms with Gasteiger partial charge in [0, 0.05) is 19.3 Å². The van der Waals surface area contributed by atoms with Gasteiger partial charge in [-0.15, -0.1) is 0 Å². The van der Waals surface area contributed by atoms with Crippen molar-refractivity contribution < 1.29 is 9.53 Å². The van der Waals surface area contributed by atoms with Crippen molar-refractivity contribution in [2.45, 2.75) is 32.8 Å². The Balaban J connectivity index is 2.00. The van der Waals surface area contributed by atoms with E-state index in [2.05, 4.69) is 39.7 Å². The Morgan fingerprint density at radius 2 is 2.15 bits per heavy atom. The van der Waals surface area contributed by atoms with Crippen molar-refractivity contribution in [3.05, 3.63) is 33.7 Å². The van der Waals surface area contributed by atoms with E-state index >= 15 is 0 Å². The molecule has 0 aromatic carbocycles. The van der Waals surface area contributed by atoms with Gasteiger partial charge in [-0.25, -0.2) is 9.78 Å². The van der Waals surface area contributed by atoms with Crippen molar-refractivity contribution in [2.75, 3.05) is 13.1 Å². The summed E-state index contributed by atoms with van der Waals surface area (Å²) in [5.41, 5.74) is 1.93. The molecule has 1 aromatic heterocycles. The number of hydrogen-bond acceptors (Lipinski definition) is 3. The zero-order chi connectivity index (χ0) is 14.8. The molecule has 2 heterocycles. The minimum atomic E-state index is -0.443. The van der Waals surface area contributed by atoms with E-state index in [0.29, 0.717) is 13.1 Å². The molecule has 0 N–H and O–H groups in total. The third kappa shape index (κ3) is 4.19. The number of halogens is 1. The summed E-state index contributed by atoms with van der Waals surface area (Å²) in [6.45, 7) is 6.93. The lowest BCUT2D eigenvalue weighted by atomic mass is 10.0. The molecular weight excluding hydrogens is 367 g/mol. The topological polar surface area (TPSA) is 42.4 Å². The molecule has 0 bridgehead atoms. The minimum absolute atomic E-state index is 0.242. The Bertz CT molecular complexity index is 518. The number of rotatable bonds is 1. The van der Waals surface area contributed by atoms with E-state index in [-0.39, 0.29) is 6.09 Å². The molecule has 4 nitrogen and oxygen atoms in total. The second-order valence-corrected chi connectivity index (χ2v) is 6.88. The molecule has 0 radical (unpaired) electrons. The molecule has 2 rings (SSSR count). The molecule has 1 aliphatic rings. The van der Waals surface area contributed by atoms with Crippen LogP contribution in [0.25, 0.3) is 5.57 Å². The fourth-order valence-corrected chi connectivity index (χ4v) is 2.31. The first-order valence-electron chi connectivity index (χ1n) is 6.64. The summed E-state index contributed by atoms with van der Waals surface area (Å²) in [5.74, 6) is 0. The number of hydrogen-bond donors (Lipinski definition) is 0. The van der Waals surface area contributed by atoms with Crippen LogP contribution >= 0.6 is 22.6 Å². The van der Waals surface area contributed by atoms with E-state index in [1.165, 1.54) is 5.57 Å². The predicted octanol–water partition coefficient (Wildman–Crippen LogP) is 3.71. The van der Waals surface area contributed by atoms with Gasteiger partial charge < -0.3 is 9.64 Å². The van der Waals surface area contributed by atoms with Crippen LogP contribution in [-0.2, 0) is 4.74 Å². The number of aromatic nitrogens is 1. The molecule has 0 aliphatic carbocycles. The van der Waals surface area contributed by atoms with Gasteiger partial charge in [-0.3, -0.25) is 0 Å². The maximum Gasteiger partial charge on any atom is 0.410 e. The van der Waals surface area contributed by atoms with Crippen molar-refractivity contribution >= 4 is 34.3 Å². The standard InChI is InChI=1S/C15H19IN2O2/c1-15(2,3)20-14(19)18-8-6-11(7-9-18)12-4-5-13(16)17-10-12/h4-6,10H,7-9H2,1-3H3. The lowest BCUT2D eigenvalue weighted by molar-refractivity contribution is 0.0270. The quantitative estimate of drug-likeness (QED) is 0.546. The first-order valence-corrected chi connectivity index (χ1v) is 7.72. The molecule has 20 heavy (non-hydrogen) atoms. The number of amides is 1. The highest BCUT2D eigenvalue weighted by molar-refractivity contribution is 14.1. The van der Waals surface area contributed by atoms with Gasteiger partial charge in [0.05, 0.1) is 0 Å². The van der Waals surface area contributed by atoms with Crippen LogP contribution in [0, 0.1) is 3.70 Å². The maximum absolute atomic E-state index is 12.0. The van der Waals surface area contributed by atoms with Crippen molar-refractivity contribution in [3.8, 4) is 0 Å². The number of ether oxygens (including phenoxy) is 1. The summed E-state index contributed by atoms with van der Waals surface area (Å²) in [6.07, 6.45) is 4.56. The zero-order valence-electron chi connectivity index (χ0n) is 12.0. The first kappa shape index (κ1) is 15.3. The molecule has 1 aromatic rings. The zero-order valence-corrected chi connectivity index (χ0v) is 14.2. The summed E-state index contributed by atoms with van der Waals surface area (Å²) in [6, 6.07) is 4.07. The lowest BCUT2D eigenvalue weighted by Crippen LogP contribution is -2.39. The lowest BCUT2D eigenvalue weighted by Gasteiger charge is -2.29. The molecule has 0 saturated heterocycles. The highest BCUT2D eigenvalue weighted by Gasteiger charge is 2.23. The molecule has 0 saturated carbocycles. The van der Waals surface area contributed by atoms with E-state index in [4.69, 9.17) is 4.74 Å². The van der Waals surface area contributed by atoms with Crippen LogP contribution in [-0.4, -0.2) is 34.7 Å². The van der Waals surface area contributed by atoms with Gasteiger partial charge in [-0.05, 0) is 67.0 Å². The number of carbonyl (C=O) groups excluding carboxylic acids is 1. The molecule has 0 fully saturated rings. The highest BCUT2D eigenvalue weighted by Crippen LogP contribution is 2.23. The molecule has 0 spiro atoms. The summed E-state index contributed by atoms with van der Waals surface area (Å²) < 4.78 is 6.36.